The molecule has 2 aromatic carbocycles. The Bertz CT molecular complexity index is 927. The van der Waals surface area contributed by atoms with E-state index in [0.717, 1.165) is 5.57 Å². The number of alkyl halides is 1. The summed E-state index contributed by atoms with van der Waals surface area (Å²) < 4.78 is 31.2. The van der Waals surface area contributed by atoms with Crippen LogP contribution in [0.25, 0.3) is 12.2 Å². The molecule has 4 nitrogen and oxygen atoms in total. The summed E-state index contributed by atoms with van der Waals surface area (Å²) in [7, 11) is 0. The molecule has 0 saturated carbocycles. The topological polar surface area (TPSA) is 66.8 Å². The molecular formula is C24H26F2O4. The predicted octanol–water partition coefficient (Wildman–Crippen LogP) is 6.04. The van der Waals surface area contributed by atoms with Gasteiger partial charge in [-0.3, -0.25) is 4.39 Å². The number of allylic oxidation sites excluding steroid dienone is 2. The molecule has 0 aliphatic carbocycles. The molecule has 0 aromatic heterocycles. The molecule has 2 rings (SSSR count). The number of phenols is 1. The Kier molecular flexibility index (Phi) is 8.59. The molecule has 2 N–H and O–H groups in total. The first-order valence-corrected chi connectivity index (χ1v) is 9.71. The average Bonchev–Trinajstić information content (AvgIpc) is 2.69. The number of benzene rings is 2. The number of carboxylic acid groups (broad SMARTS) is 1. The van der Waals surface area contributed by atoms with Crippen LogP contribution in [0.5, 0.6) is 11.5 Å². The maximum absolute atomic E-state index is 13.1. The average molecular weight is 416 g/mol. The van der Waals surface area contributed by atoms with Crippen molar-refractivity contribution < 1.29 is 28.5 Å². The lowest BCUT2D eigenvalue weighted by atomic mass is 9.97. The highest BCUT2D eigenvalue weighted by Crippen LogP contribution is 2.36. The Labute approximate surface area is 175 Å². The quantitative estimate of drug-likeness (QED) is 0.282. The summed E-state index contributed by atoms with van der Waals surface area (Å²) in [5, 5.41) is 20.4. The molecule has 30 heavy (non-hydrogen) atoms. The molecule has 0 atom stereocenters. The van der Waals surface area contributed by atoms with Gasteiger partial charge in [0.15, 0.2) is 0 Å². The van der Waals surface area contributed by atoms with Gasteiger partial charge in [-0.2, -0.15) is 0 Å². The zero-order chi connectivity index (χ0) is 22.1. The van der Waals surface area contributed by atoms with Crippen LogP contribution < -0.4 is 4.74 Å². The van der Waals surface area contributed by atoms with Crippen LogP contribution in [-0.2, 0) is 6.42 Å². The van der Waals surface area contributed by atoms with Crippen molar-refractivity contribution in [3.05, 3.63) is 70.1 Å². The zero-order valence-corrected chi connectivity index (χ0v) is 17.1. The second-order valence-corrected chi connectivity index (χ2v) is 7.09. The third kappa shape index (κ3) is 6.44. The van der Waals surface area contributed by atoms with Crippen LogP contribution in [0.4, 0.5) is 8.78 Å². The van der Waals surface area contributed by atoms with Crippen LogP contribution in [0.2, 0.25) is 0 Å². The first kappa shape index (κ1) is 23.1. The van der Waals surface area contributed by atoms with E-state index in [9.17, 15) is 23.8 Å². The van der Waals surface area contributed by atoms with E-state index in [-0.39, 0.29) is 29.3 Å². The van der Waals surface area contributed by atoms with Crippen LogP contribution in [0, 0.1) is 5.82 Å². The first-order chi connectivity index (χ1) is 14.3. The van der Waals surface area contributed by atoms with Crippen molar-refractivity contribution in [3.63, 3.8) is 0 Å². The van der Waals surface area contributed by atoms with E-state index in [1.807, 2.05) is 19.9 Å². The zero-order valence-electron chi connectivity index (χ0n) is 17.1. The molecule has 0 bridgehead atoms. The Balaban J connectivity index is 2.50. The fourth-order valence-electron chi connectivity index (χ4n) is 2.83. The van der Waals surface area contributed by atoms with Crippen LogP contribution in [0.3, 0.4) is 0 Å². The van der Waals surface area contributed by atoms with Crippen LogP contribution in [-0.4, -0.2) is 29.5 Å². The van der Waals surface area contributed by atoms with Gasteiger partial charge in [0, 0.05) is 5.56 Å². The van der Waals surface area contributed by atoms with E-state index in [2.05, 4.69) is 0 Å². The lowest BCUT2D eigenvalue weighted by Gasteiger charge is -2.16. The number of hydrogen-bond donors (Lipinski definition) is 2. The van der Waals surface area contributed by atoms with Crippen LogP contribution >= 0.6 is 0 Å². The Morgan fingerprint density at radius 1 is 1.13 bits per heavy atom. The van der Waals surface area contributed by atoms with Gasteiger partial charge in [-0.25, -0.2) is 9.18 Å². The number of carbonyl (C=O) groups is 1. The van der Waals surface area contributed by atoms with E-state index in [4.69, 9.17) is 4.74 Å². The van der Waals surface area contributed by atoms with Gasteiger partial charge in [-0.15, -0.1) is 0 Å². The third-order valence-electron chi connectivity index (χ3n) is 4.43. The van der Waals surface area contributed by atoms with Gasteiger partial charge in [0.1, 0.15) is 22.9 Å². The highest BCUT2D eigenvalue weighted by atomic mass is 19.1. The third-order valence-corrected chi connectivity index (χ3v) is 4.43. The number of halogens is 2. The molecule has 0 radical (unpaired) electrons. The maximum Gasteiger partial charge on any atom is 0.340 e. The van der Waals surface area contributed by atoms with E-state index < -0.39 is 12.6 Å². The van der Waals surface area contributed by atoms with E-state index in [1.165, 1.54) is 18.2 Å². The van der Waals surface area contributed by atoms with Gasteiger partial charge in [0.2, 0.25) is 0 Å². The smallest absolute Gasteiger partial charge is 0.340 e. The molecule has 0 heterocycles. The summed E-state index contributed by atoms with van der Waals surface area (Å²) >= 11 is 0. The van der Waals surface area contributed by atoms with Crippen LogP contribution in [0.15, 0.2) is 42.0 Å². The van der Waals surface area contributed by atoms with Crippen molar-refractivity contribution in [2.24, 2.45) is 0 Å². The van der Waals surface area contributed by atoms with E-state index >= 15 is 0 Å². The Morgan fingerprint density at radius 3 is 2.43 bits per heavy atom. The number of unbranched alkanes of at least 4 members (excludes halogenated alkanes) is 1. The minimum atomic E-state index is -1.27. The van der Waals surface area contributed by atoms with Gasteiger partial charge in [0.05, 0.1) is 13.3 Å². The highest BCUT2D eigenvalue weighted by Gasteiger charge is 2.21. The summed E-state index contributed by atoms with van der Waals surface area (Å²) in [5.74, 6) is -1.65. The van der Waals surface area contributed by atoms with Gasteiger partial charge in [0.25, 0.3) is 0 Å². The number of hydrogen-bond acceptors (Lipinski definition) is 3. The minimum Gasteiger partial charge on any atom is -0.507 e. The number of ether oxygens (including phenoxy) is 1. The fourth-order valence-corrected chi connectivity index (χ4v) is 2.83. The number of rotatable bonds is 10. The second-order valence-electron chi connectivity index (χ2n) is 7.09. The molecule has 0 amide bonds. The van der Waals surface area contributed by atoms with E-state index in [1.54, 1.807) is 24.3 Å². The predicted molar refractivity (Wildman–Crippen MR) is 114 cm³/mol. The maximum atomic E-state index is 13.1. The summed E-state index contributed by atoms with van der Waals surface area (Å²) in [5.41, 5.74) is 2.07. The second kappa shape index (κ2) is 11.1. The number of aromatic hydroxyl groups is 1. The molecule has 0 spiro atoms. The van der Waals surface area contributed by atoms with Crippen molar-refractivity contribution in [2.45, 2.75) is 33.1 Å². The summed E-state index contributed by atoms with van der Waals surface area (Å²) in [6.07, 6.45) is 6.19. The molecular weight excluding hydrogens is 390 g/mol. The largest absolute Gasteiger partial charge is 0.507 e. The van der Waals surface area contributed by atoms with Crippen LogP contribution in [0.1, 0.15) is 53.7 Å². The summed E-state index contributed by atoms with van der Waals surface area (Å²) in [6.45, 7) is 3.61. The monoisotopic (exact) mass is 416 g/mol. The molecule has 2 aromatic rings. The van der Waals surface area contributed by atoms with E-state index in [0.29, 0.717) is 36.1 Å². The molecule has 160 valence electrons. The molecule has 0 unspecified atom stereocenters. The van der Waals surface area contributed by atoms with Crippen molar-refractivity contribution in [2.75, 3.05) is 13.3 Å². The standard InChI is InChI=1S/C24H26F2O4/c1-16(2)5-12-20-21(30-14-4-3-13-25)15-18(22(23(20)27)24(28)29)9-6-17-7-10-19(26)11-8-17/h5-11,15,27H,3-4,12-14H2,1-2H3,(H,28,29). The number of carboxylic acids is 1. The van der Waals surface area contributed by atoms with Crippen molar-refractivity contribution >= 4 is 18.1 Å². The van der Waals surface area contributed by atoms with Gasteiger partial charge in [-0.1, -0.05) is 35.9 Å². The Hall–Kier alpha value is -3.15. The lowest BCUT2D eigenvalue weighted by molar-refractivity contribution is 0.0693. The van der Waals surface area contributed by atoms with Gasteiger partial charge in [-0.05, 0) is 62.4 Å². The summed E-state index contributed by atoms with van der Waals surface area (Å²) in [4.78, 5) is 11.9. The van der Waals surface area contributed by atoms with Gasteiger partial charge >= 0.3 is 5.97 Å². The molecule has 0 aliphatic rings. The van der Waals surface area contributed by atoms with Gasteiger partial charge < -0.3 is 14.9 Å². The summed E-state index contributed by atoms with van der Waals surface area (Å²) in [6, 6.07) is 7.29. The molecule has 0 fully saturated rings. The molecule has 0 saturated heterocycles. The number of aromatic carboxylic acids is 1. The van der Waals surface area contributed by atoms with Crippen molar-refractivity contribution in [1.82, 2.24) is 0 Å². The van der Waals surface area contributed by atoms with Crippen molar-refractivity contribution in [3.8, 4) is 11.5 Å². The Morgan fingerprint density at radius 2 is 1.83 bits per heavy atom. The fraction of sp³-hybridized carbons (Fsp3) is 0.292. The van der Waals surface area contributed by atoms with Crippen molar-refractivity contribution in [1.29, 1.82) is 0 Å². The normalized spacial score (nSPS) is 10.9. The SMILES string of the molecule is CC(C)=CCc1c(OCCCCF)cc(C=Cc2ccc(F)cc2)c(C(=O)O)c1O. The molecule has 0 aliphatic heterocycles. The first-order valence-electron chi connectivity index (χ1n) is 9.71. The lowest BCUT2D eigenvalue weighted by Crippen LogP contribution is -2.07. The minimum absolute atomic E-state index is 0.235. The molecule has 6 heteroatoms. The highest BCUT2D eigenvalue weighted by molar-refractivity contribution is 5.97.